The predicted molar refractivity (Wildman–Crippen MR) is 125 cm³/mol. The third-order valence-electron chi connectivity index (χ3n) is 4.41. The highest BCUT2D eigenvalue weighted by Crippen LogP contribution is 2.15. The number of rotatable bonds is 10. The Hall–Kier alpha value is -3.22. The molecule has 0 saturated carbocycles. The first-order chi connectivity index (χ1) is 14.9. The van der Waals surface area contributed by atoms with Crippen molar-refractivity contribution in [2.75, 3.05) is 33.8 Å². The lowest BCUT2D eigenvalue weighted by Crippen LogP contribution is -2.41. The summed E-state index contributed by atoms with van der Waals surface area (Å²) in [7, 11) is 3.41. The molecule has 2 aromatic rings. The van der Waals surface area contributed by atoms with Gasteiger partial charge in [0.1, 0.15) is 17.6 Å². The standard InChI is InChI=1S/C24H34N4O3/c1-6-25-24(26-15-19(3)31-22-12-7-9-18(2)13-22)27-16-20-10-8-11-21(14-20)30-17-23(29)28(4)5/h7-14,19H,6,15-17H2,1-5H3,(H2,25,26,27). The molecule has 0 fully saturated rings. The van der Waals surface area contributed by atoms with Crippen LogP contribution in [0, 0.1) is 6.92 Å². The molecule has 1 atom stereocenters. The van der Waals surface area contributed by atoms with E-state index in [9.17, 15) is 4.79 Å². The van der Waals surface area contributed by atoms with E-state index in [1.807, 2.05) is 69.3 Å². The summed E-state index contributed by atoms with van der Waals surface area (Å²) in [6, 6.07) is 15.6. The molecule has 7 heteroatoms. The summed E-state index contributed by atoms with van der Waals surface area (Å²) in [5, 5.41) is 6.58. The van der Waals surface area contributed by atoms with Crippen LogP contribution in [0.15, 0.2) is 53.5 Å². The Kier molecular flexibility index (Phi) is 9.68. The van der Waals surface area contributed by atoms with Gasteiger partial charge in [-0.1, -0.05) is 24.3 Å². The molecule has 0 aliphatic carbocycles. The van der Waals surface area contributed by atoms with Gasteiger partial charge >= 0.3 is 0 Å². The van der Waals surface area contributed by atoms with E-state index in [2.05, 4.69) is 15.6 Å². The molecule has 0 bridgehead atoms. The number of amides is 1. The van der Waals surface area contributed by atoms with Crippen molar-refractivity contribution in [1.29, 1.82) is 0 Å². The summed E-state index contributed by atoms with van der Waals surface area (Å²) in [5.74, 6) is 2.15. The number of carbonyl (C=O) groups is 1. The van der Waals surface area contributed by atoms with Crippen molar-refractivity contribution in [3.63, 3.8) is 0 Å². The Morgan fingerprint density at radius 2 is 1.84 bits per heavy atom. The summed E-state index contributed by atoms with van der Waals surface area (Å²) in [6.45, 7) is 7.98. The number of aliphatic imine (C=N–C) groups is 1. The maximum Gasteiger partial charge on any atom is 0.259 e. The lowest BCUT2D eigenvalue weighted by Gasteiger charge is -2.18. The summed E-state index contributed by atoms with van der Waals surface area (Å²) in [6.07, 6.45) is -0.0170. The van der Waals surface area contributed by atoms with E-state index in [0.717, 1.165) is 23.8 Å². The van der Waals surface area contributed by atoms with Crippen LogP contribution in [0.1, 0.15) is 25.0 Å². The minimum Gasteiger partial charge on any atom is -0.489 e. The minimum absolute atomic E-state index is 0.0166. The zero-order valence-electron chi connectivity index (χ0n) is 19.1. The van der Waals surface area contributed by atoms with Gasteiger partial charge in [-0.25, -0.2) is 4.99 Å². The van der Waals surface area contributed by atoms with Gasteiger partial charge in [-0.3, -0.25) is 4.79 Å². The molecule has 0 radical (unpaired) electrons. The van der Waals surface area contributed by atoms with E-state index >= 15 is 0 Å². The molecule has 31 heavy (non-hydrogen) atoms. The van der Waals surface area contributed by atoms with Gasteiger partial charge in [-0.05, 0) is 56.2 Å². The van der Waals surface area contributed by atoms with Crippen LogP contribution in [-0.4, -0.2) is 56.7 Å². The fraction of sp³-hybridized carbons (Fsp3) is 0.417. The van der Waals surface area contributed by atoms with Crippen LogP contribution in [0.2, 0.25) is 0 Å². The zero-order chi connectivity index (χ0) is 22.6. The number of guanidine groups is 1. The molecule has 0 saturated heterocycles. The van der Waals surface area contributed by atoms with Crippen LogP contribution in [0.25, 0.3) is 0 Å². The number of aryl methyl sites for hydroxylation is 1. The number of likely N-dealkylation sites (N-methyl/N-ethyl adjacent to an activating group) is 1. The van der Waals surface area contributed by atoms with Crippen LogP contribution >= 0.6 is 0 Å². The maximum atomic E-state index is 11.7. The van der Waals surface area contributed by atoms with Crippen molar-refractivity contribution in [2.24, 2.45) is 4.99 Å². The Bertz CT molecular complexity index is 867. The highest BCUT2D eigenvalue weighted by molar-refractivity contribution is 5.79. The molecule has 1 amide bonds. The van der Waals surface area contributed by atoms with Gasteiger partial charge in [0.2, 0.25) is 0 Å². The van der Waals surface area contributed by atoms with E-state index in [0.29, 0.717) is 18.8 Å². The summed E-state index contributed by atoms with van der Waals surface area (Å²) in [4.78, 5) is 17.9. The van der Waals surface area contributed by atoms with Gasteiger partial charge in [0.05, 0.1) is 13.1 Å². The quantitative estimate of drug-likeness (QED) is 0.451. The molecule has 1 unspecified atom stereocenters. The first-order valence-electron chi connectivity index (χ1n) is 10.5. The third-order valence-corrected chi connectivity index (χ3v) is 4.41. The van der Waals surface area contributed by atoms with Crippen LogP contribution in [0.4, 0.5) is 0 Å². The first-order valence-corrected chi connectivity index (χ1v) is 10.5. The molecule has 0 heterocycles. The van der Waals surface area contributed by atoms with Crippen molar-refractivity contribution >= 4 is 11.9 Å². The Morgan fingerprint density at radius 3 is 2.55 bits per heavy atom. The molecular formula is C24H34N4O3. The minimum atomic E-state index is -0.0796. The van der Waals surface area contributed by atoms with Crippen LogP contribution in [-0.2, 0) is 11.3 Å². The van der Waals surface area contributed by atoms with Crippen molar-refractivity contribution in [3.05, 3.63) is 59.7 Å². The summed E-state index contributed by atoms with van der Waals surface area (Å²) < 4.78 is 11.6. The number of nitrogens with one attached hydrogen (secondary N) is 2. The number of hydrogen-bond donors (Lipinski definition) is 2. The lowest BCUT2D eigenvalue weighted by atomic mass is 10.2. The summed E-state index contributed by atoms with van der Waals surface area (Å²) >= 11 is 0. The Labute approximate surface area is 185 Å². The third kappa shape index (κ3) is 8.99. The second-order valence-electron chi connectivity index (χ2n) is 7.55. The average Bonchev–Trinajstić information content (AvgIpc) is 2.74. The van der Waals surface area contributed by atoms with Crippen molar-refractivity contribution in [2.45, 2.75) is 33.4 Å². The number of hydrogen-bond acceptors (Lipinski definition) is 4. The molecule has 7 nitrogen and oxygen atoms in total. The predicted octanol–water partition coefficient (Wildman–Crippen LogP) is 2.98. The van der Waals surface area contributed by atoms with Crippen LogP contribution in [0.3, 0.4) is 0 Å². The topological polar surface area (TPSA) is 75.2 Å². The number of benzene rings is 2. The van der Waals surface area contributed by atoms with Crippen molar-refractivity contribution < 1.29 is 14.3 Å². The van der Waals surface area contributed by atoms with E-state index in [1.165, 1.54) is 10.5 Å². The molecule has 0 aromatic heterocycles. The van der Waals surface area contributed by atoms with Gasteiger partial charge in [0.25, 0.3) is 5.91 Å². The Balaban J connectivity index is 1.90. The number of ether oxygens (including phenoxy) is 2. The molecule has 2 rings (SSSR count). The highest BCUT2D eigenvalue weighted by Gasteiger charge is 2.07. The van der Waals surface area contributed by atoms with Gasteiger partial charge < -0.3 is 25.0 Å². The highest BCUT2D eigenvalue weighted by atomic mass is 16.5. The van der Waals surface area contributed by atoms with Gasteiger partial charge in [-0.2, -0.15) is 0 Å². The fourth-order valence-electron chi connectivity index (χ4n) is 2.72. The number of nitrogens with zero attached hydrogens (tertiary/aromatic N) is 2. The zero-order valence-corrected chi connectivity index (χ0v) is 19.1. The van der Waals surface area contributed by atoms with Crippen LogP contribution < -0.4 is 20.1 Å². The molecule has 2 N–H and O–H groups in total. The lowest BCUT2D eigenvalue weighted by molar-refractivity contribution is -0.130. The molecule has 0 spiro atoms. The molecule has 168 valence electrons. The van der Waals surface area contributed by atoms with E-state index in [1.54, 1.807) is 14.1 Å². The van der Waals surface area contributed by atoms with Crippen molar-refractivity contribution in [1.82, 2.24) is 15.5 Å². The normalized spacial score (nSPS) is 12.1. The molecule has 2 aromatic carbocycles. The number of carbonyl (C=O) groups excluding carboxylic acids is 1. The van der Waals surface area contributed by atoms with Gasteiger partial charge in [-0.15, -0.1) is 0 Å². The largest absolute Gasteiger partial charge is 0.489 e. The van der Waals surface area contributed by atoms with Gasteiger partial charge in [0, 0.05) is 20.6 Å². The average molecular weight is 427 g/mol. The molecule has 0 aliphatic rings. The second-order valence-corrected chi connectivity index (χ2v) is 7.55. The van der Waals surface area contributed by atoms with E-state index < -0.39 is 0 Å². The fourth-order valence-corrected chi connectivity index (χ4v) is 2.72. The van der Waals surface area contributed by atoms with E-state index in [-0.39, 0.29) is 18.6 Å². The maximum absolute atomic E-state index is 11.7. The molecular weight excluding hydrogens is 392 g/mol. The van der Waals surface area contributed by atoms with Crippen LogP contribution in [0.5, 0.6) is 11.5 Å². The monoisotopic (exact) mass is 426 g/mol. The first kappa shape index (κ1) is 24.1. The van der Waals surface area contributed by atoms with E-state index in [4.69, 9.17) is 9.47 Å². The van der Waals surface area contributed by atoms with Crippen molar-refractivity contribution in [3.8, 4) is 11.5 Å². The molecule has 0 aliphatic heterocycles. The summed E-state index contributed by atoms with van der Waals surface area (Å²) in [5.41, 5.74) is 2.17. The SMILES string of the molecule is CCNC(=NCc1cccc(OCC(=O)N(C)C)c1)NCC(C)Oc1cccc(C)c1. The smallest absolute Gasteiger partial charge is 0.259 e. The Morgan fingerprint density at radius 1 is 1.10 bits per heavy atom. The van der Waals surface area contributed by atoms with Gasteiger partial charge in [0.15, 0.2) is 12.6 Å². The second kappa shape index (κ2) is 12.5.